The van der Waals surface area contributed by atoms with Gasteiger partial charge in [0.25, 0.3) is 5.91 Å². The number of benzene rings is 1. The Morgan fingerprint density at radius 3 is 2.96 bits per heavy atom. The van der Waals surface area contributed by atoms with Crippen molar-refractivity contribution < 1.29 is 23.8 Å². The van der Waals surface area contributed by atoms with E-state index >= 15 is 0 Å². The molecule has 7 nitrogen and oxygen atoms in total. The van der Waals surface area contributed by atoms with Gasteiger partial charge in [0, 0.05) is 6.42 Å². The van der Waals surface area contributed by atoms with E-state index in [1.54, 1.807) is 6.07 Å². The number of hydrogen-bond donors (Lipinski definition) is 1. The molecule has 0 radical (unpaired) electrons. The molecule has 2 bridgehead atoms. The monoisotopic (exact) mass is 317 g/mol. The number of nitrogens with zero attached hydrogens (tertiary/aromatic N) is 3. The number of carbonyl (C=O) groups excluding carboxylic acids is 2. The topological polar surface area (TPSA) is 84.7 Å². The molecule has 2 aromatic rings. The van der Waals surface area contributed by atoms with Crippen molar-refractivity contribution in [1.29, 1.82) is 0 Å². The van der Waals surface area contributed by atoms with Gasteiger partial charge in [0.15, 0.2) is 11.4 Å². The van der Waals surface area contributed by atoms with Crippen LogP contribution in [-0.4, -0.2) is 50.4 Å². The van der Waals surface area contributed by atoms with Crippen LogP contribution in [0.2, 0.25) is 0 Å². The Hall–Kier alpha value is -2.90. The fourth-order valence-electron chi connectivity index (χ4n) is 2.98. The van der Waals surface area contributed by atoms with Gasteiger partial charge >= 0.3 is 5.97 Å². The molecule has 3 heterocycles. The maximum atomic E-state index is 13.3. The first-order valence-electron chi connectivity index (χ1n) is 7.09. The second-order valence-corrected chi connectivity index (χ2v) is 5.56. The Bertz CT molecular complexity index is 819. The summed E-state index contributed by atoms with van der Waals surface area (Å²) in [6, 6.07) is 4.99. The summed E-state index contributed by atoms with van der Waals surface area (Å²) < 4.78 is 19.5. The maximum absolute atomic E-state index is 13.3. The second-order valence-electron chi connectivity index (χ2n) is 5.56. The molecule has 1 amide bonds. The molecule has 1 aromatic carbocycles. The van der Waals surface area contributed by atoms with Crippen LogP contribution in [0.3, 0.4) is 0 Å². The van der Waals surface area contributed by atoms with E-state index in [9.17, 15) is 19.1 Å². The summed E-state index contributed by atoms with van der Waals surface area (Å²) >= 11 is 0. The Balaban J connectivity index is 1.65. The van der Waals surface area contributed by atoms with Crippen molar-refractivity contribution in [3.63, 3.8) is 0 Å². The Labute approximate surface area is 129 Å². The average Bonchev–Trinajstić information content (AvgIpc) is 3.19. The third-order valence-corrected chi connectivity index (χ3v) is 4.05. The molecule has 2 aliphatic heterocycles. The van der Waals surface area contributed by atoms with Gasteiger partial charge < -0.3 is 14.7 Å². The fraction of sp³-hybridized carbons (Fsp3) is 0.267. The van der Waals surface area contributed by atoms with E-state index in [4.69, 9.17) is 4.74 Å². The van der Waals surface area contributed by atoms with Gasteiger partial charge in [-0.3, -0.25) is 4.79 Å². The zero-order valence-corrected chi connectivity index (χ0v) is 11.8. The number of ether oxygens (including phenoxy) is 1. The summed E-state index contributed by atoms with van der Waals surface area (Å²) in [4.78, 5) is 25.5. The number of halogens is 1. The number of hydrogen-bond acceptors (Lipinski definition) is 5. The van der Waals surface area contributed by atoms with Gasteiger partial charge in [-0.2, -0.15) is 5.10 Å². The number of morpholine rings is 1. The minimum Gasteiger partial charge on any atom is -0.504 e. The van der Waals surface area contributed by atoms with Crippen LogP contribution in [0.4, 0.5) is 4.39 Å². The van der Waals surface area contributed by atoms with E-state index in [0.29, 0.717) is 18.7 Å². The number of esters is 1. The predicted octanol–water partition coefficient (Wildman–Crippen LogP) is 0.857. The van der Waals surface area contributed by atoms with Crippen molar-refractivity contribution >= 4 is 11.9 Å². The Morgan fingerprint density at radius 2 is 2.26 bits per heavy atom. The molecule has 2 fully saturated rings. The number of amides is 1. The number of fused-ring (bicyclic) bond motifs is 2. The summed E-state index contributed by atoms with van der Waals surface area (Å²) in [5, 5.41) is 14.0. The standard InChI is InChI=1S/C15H12FN3O4/c16-8-2-1-3-9(4-8)19-7-12(20)13(17-19)14(21)18-6-10-5-11(18)15(22)23-10/h1-4,7,10-11,20H,5-6H2. The lowest BCUT2D eigenvalue weighted by atomic mass is 10.2. The van der Waals surface area contributed by atoms with Crippen molar-refractivity contribution in [3.05, 3.63) is 42.0 Å². The first-order chi connectivity index (χ1) is 11.0. The minimum atomic E-state index is -0.619. The quantitative estimate of drug-likeness (QED) is 0.830. The van der Waals surface area contributed by atoms with Gasteiger partial charge in [-0.25, -0.2) is 13.9 Å². The molecule has 118 valence electrons. The minimum absolute atomic E-state index is 0.172. The number of likely N-dealkylation sites (tertiary alicyclic amines) is 1. The van der Waals surface area contributed by atoms with Crippen molar-refractivity contribution in [1.82, 2.24) is 14.7 Å². The highest BCUT2D eigenvalue weighted by molar-refractivity contribution is 5.98. The number of aromatic hydroxyl groups is 1. The summed E-state index contributed by atoms with van der Waals surface area (Å²) in [7, 11) is 0. The zero-order valence-electron chi connectivity index (χ0n) is 11.8. The Morgan fingerprint density at radius 1 is 1.43 bits per heavy atom. The SMILES string of the molecule is O=C1OC2CC1N(C(=O)c1nn(-c3cccc(F)c3)cc1O)C2. The largest absolute Gasteiger partial charge is 0.504 e. The van der Waals surface area contributed by atoms with Crippen LogP contribution in [0, 0.1) is 5.82 Å². The maximum Gasteiger partial charge on any atom is 0.329 e. The van der Waals surface area contributed by atoms with Crippen LogP contribution in [-0.2, 0) is 9.53 Å². The molecule has 1 aromatic heterocycles. The number of carbonyl (C=O) groups is 2. The van der Waals surface area contributed by atoms with Gasteiger partial charge in [-0.1, -0.05) is 6.07 Å². The van der Waals surface area contributed by atoms with Gasteiger partial charge in [0.1, 0.15) is 18.0 Å². The van der Waals surface area contributed by atoms with Crippen LogP contribution in [0.25, 0.3) is 5.69 Å². The lowest BCUT2D eigenvalue weighted by molar-refractivity contribution is -0.149. The van der Waals surface area contributed by atoms with Gasteiger partial charge in [0.2, 0.25) is 0 Å². The van der Waals surface area contributed by atoms with Crippen LogP contribution >= 0.6 is 0 Å². The van der Waals surface area contributed by atoms with Crippen LogP contribution in [0.15, 0.2) is 30.5 Å². The Kier molecular flexibility index (Phi) is 2.87. The highest BCUT2D eigenvalue weighted by Crippen LogP contribution is 2.31. The third-order valence-electron chi connectivity index (χ3n) is 4.05. The van der Waals surface area contributed by atoms with E-state index in [1.165, 1.54) is 34.0 Å². The lowest BCUT2D eigenvalue weighted by Gasteiger charge is -2.24. The van der Waals surface area contributed by atoms with Gasteiger partial charge in [-0.15, -0.1) is 0 Å². The summed E-state index contributed by atoms with van der Waals surface area (Å²) in [5.41, 5.74) is 0.205. The van der Waals surface area contributed by atoms with Crippen LogP contribution in [0.1, 0.15) is 16.9 Å². The molecule has 23 heavy (non-hydrogen) atoms. The normalized spacial score (nSPS) is 22.5. The average molecular weight is 317 g/mol. The third kappa shape index (κ3) is 2.14. The molecular weight excluding hydrogens is 305 g/mol. The zero-order chi connectivity index (χ0) is 16.1. The van der Waals surface area contributed by atoms with Crippen molar-refractivity contribution in [2.24, 2.45) is 0 Å². The van der Waals surface area contributed by atoms with E-state index in [0.717, 1.165) is 0 Å². The summed E-state index contributed by atoms with van der Waals surface area (Å²) in [5.74, 6) is -1.75. The van der Waals surface area contributed by atoms with Crippen molar-refractivity contribution in [2.45, 2.75) is 18.6 Å². The molecular formula is C15H12FN3O4. The molecule has 2 saturated heterocycles. The second kappa shape index (κ2) is 4.80. The fourth-order valence-corrected chi connectivity index (χ4v) is 2.98. The van der Waals surface area contributed by atoms with Crippen LogP contribution < -0.4 is 0 Å². The number of rotatable bonds is 2. The van der Waals surface area contributed by atoms with E-state index in [-0.39, 0.29) is 17.5 Å². The highest BCUT2D eigenvalue weighted by Gasteiger charge is 2.49. The van der Waals surface area contributed by atoms with Gasteiger partial charge in [0.05, 0.1) is 18.4 Å². The molecule has 4 rings (SSSR count). The van der Waals surface area contributed by atoms with Crippen molar-refractivity contribution in [2.75, 3.05) is 6.54 Å². The van der Waals surface area contributed by atoms with Crippen molar-refractivity contribution in [3.8, 4) is 11.4 Å². The van der Waals surface area contributed by atoms with E-state index in [1.807, 2.05) is 0 Å². The first kappa shape index (κ1) is 13.7. The summed E-state index contributed by atoms with van der Waals surface area (Å²) in [6.07, 6.45) is 1.41. The smallest absolute Gasteiger partial charge is 0.329 e. The van der Waals surface area contributed by atoms with E-state index in [2.05, 4.69) is 5.10 Å². The number of aromatic nitrogens is 2. The van der Waals surface area contributed by atoms with Crippen LogP contribution in [0.5, 0.6) is 5.75 Å². The highest BCUT2D eigenvalue weighted by atomic mass is 19.1. The molecule has 2 unspecified atom stereocenters. The lowest BCUT2D eigenvalue weighted by Crippen LogP contribution is -2.44. The molecule has 1 N–H and O–H groups in total. The molecule has 0 spiro atoms. The summed E-state index contributed by atoms with van der Waals surface area (Å²) in [6.45, 7) is 0.293. The predicted molar refractivity (Wildman–Crippen MR) is 74.5 cm³/mol. The van der Waals surface area contributed by atoms with E-state index < -0.39 is 23.7 Å². The molecule has 0 aliphatic carbocycles. The van der Waals surface area contributed by atoms with Gasteiger partial charge in [-0.05, 0) is 18.2 Å². The molecule has 0 saturated carbocycles. The first-order valence-corrected chi connectivity index (χ1v) is 7.09. The molecule has 2 aliphatic rings. The molecule has 2 atom stereocenters. The molecule has 8 heteroatoms.